The van der Waals surface area contributed by atoms with E-state index in [-0.39, 0.29) is 43.3 Å². The highest BCUT2D eigenvalue weighted by atomic mass is 19.1. The number of methoxy groups -OCH3 is 1. The summed E-state index contributed by atoms with van der Waals surface area (Å²) in [6.45, 7) is 4.73. The molecule has 0 bridgehead atoms. The van der Waals surface area contributed by atoms with Crippen LogP contribution in [-0.4, -0.2) is 41.9 Å². The van der Waals surface area contributed by atoms with E-state index in [1.807, 2.05) is 13.8 Å². The molecule has 0 atom stereocenters. The van der Waals surface area contributed by atoms with Gasteiger partial charge in [0.05, 0.1) is 19.9 Å². The first-order valence-electron chi connectivity index (χ1n) is 11.1. The predicted octanol–water partition coefficient (Wildman–Crippen LogP) is 5.15. The number of carbonyl (C=O) groups is 2. The van der Waals surface area contributed by atoms with E-state index in [0.717, 1.165) is 5.56 Å². The van der Waals surface area contributed by atoms with Crippen LogP contribution in [0.25, 0.3) is 0 Å². The lowest BCUT2D eigenvalue weighted by Gasteiger charge is -2.28. The molecule has 0 spiro atoms. The summed E-state index contributed by atoms with van der Waals surface area (Å²) in [6, 6.07) is 16.2. The van der Waals surface area contributed by atoms with Gasteiger partial charge in [0, 0.05) is 24.8 Å². The zero-order valence-corrected chi connectivity index (χ0v) is 19.7. The Morgan fingerprint density at radius 2 is 1.79 bits per heavy atom. The summed E-state index contributed by atoms with van der Waals surface area (Å²) in [5, 5.41) is 2.84. The minimum Gasteiger partial charge on any atom is -0.497 e. The van der Waals surface area contributed by atoms with Gasteiger partial charge in [-0.25, -0.2) is 9.18 Å². The van der Waals surface area contributed by atoms with Crippen LogP contribution in [0, 0.1) is 11.7 Å². The molecule has 7 nitrogen and oxygen atoms in total. The minimum absolute atomic E-state index is 0.115. The Bertz CT molecular complexity index is 1070. The van der Waals surface area contributed by atoms with E-state index in [2.05, 4.69) is 5.32 Å². The van der Waals surface area contributed by atoms with Crippen molar-refractivity contribution in [1.82, 2.24) is 9.80 Å². The molecule has 3 amide bonds. The van der Waals surface area contributed by atoms with E-state index in [4.69, 9.17) is 9.15 Å². The van der Waals surface area contributed by atoms with E-state index < -0.39 is 0 Å². The van der Waals surface area contributed by atoms with Gasteiger partial charge in [-0.05, 0) is 47.9 Å². The van der Waals surface area contributed by atoms with Crippen LogP contribution < -0.4 is 10.1 Å². The zero-order chi connectivity index (χ0) is 24.5. The molecule has 2 aromatic carbocycles. The lowest BCUT2D eigenvalue weighted by molar-refractivity contribution is -0.133. The third kappa shape index (κ3) is 7.37. The summed E-state index contributed by atoms with van der Waals surface area (Å²) in [7, 11) is 1.55. The average Bonchev–Trinajstić information content (AvgIpc) is 3.32. The molecule has 0 radical (unpaired) electrons. The fraction of sp³-hybridized carbons (Fsp3) is 0.308. The zero-order valence-electron chi connectivity index (χ0n) is 19.7. The third-order valence-electron chi connectivity index (χ3n) is 5.09. The van der Waals surface area contributed by atoms with Crippen LogP contribution in [0.15, 0.2) is 71.3 Å². The smallest absolute Gasteiger partial charge is 0.322 e. The summed E-state index contributed by atoms with van der Waals surface area (Å²) in [5.74, 6) is 0.798. The van der Waals surface area contributed by atoms with Crippen LogP contribution in [0.1, 0.15) is 25.2 Å². The summed E-state index contributed by atoms with van der Waals surface area (Å²) in [6.07, 6.45) is 1.54. The average molecular weight is 468 g/mol. The number of amides is 3. The van der Waals surface area contributed by atoms with Crippen molar-refractivity contribution in [3.8, 4) is 5.75 Å². The second-order valence-electron chi connectivity index (χ2n) is 8.39. The Labute approximate surface area is 199 Å². The number of halogens is 1. The molecule has 0 aliphatic rings. The van der Waals surface area contributed by atoms with E-state index in [9.17, 15) is 14.0 Å². The summed E-state index contributed by atoms with van der Waals surface area (Å²) in [5.41, 5.74) is 1.35. The van der Waals surface area contributed by atoms with Crippen molar-refractivity contribution in [3.05, 3.63) is 84.1 Å². The molecule has 1 heterocycles. The van der Waals surface area contributed by atoms with Gasteiger partial charge in [-0.15, -0.1) is 0 Å². The summed E-state index contributed by atoms with van der Waals surface area (Å²) >= 11 is 0. The molecular formula is C26H30FN3O4. The molecular weight excluding hydrogens is 437 g/mol. The monoisotopic (exact) mass is 467 g/mol. The van der Waals surface area contributed by atoms with Gasteiger partial charge in [-0.3, -0.25) is 4.79 Å². The van der Waals surface area contributed by atoms with Crippen molar-refractivity contribution in [1.29, 1.82) is 0 Å². The molecule has 0 aliphatic carbocycles. The van der Waals surface area contributed by atoms with Gasteiger partial charge in [0.25, 0.3) is 0 Å². The van der Waals surface area contributed by atoms with Crippen molar-refractivity contribution in [2.45, 2.75) is 26.9 Å². The van der Waals surface area contributed by atoms with Gasteiger partial charge in [0.2, 0.25) is 5.91 Å². The second-order valence-corrected chi connectivity index (χ2v) is 8.39. The molecule has 180 valence electrons. The van der Waals surface area contributed by atoms with Crippen molar-refractivity contribution >= 4 is 17.6 Å². The topological polar surface area (TPSA) is 75.0 Å². The summed E-state index contributed by atoms with van der Waals surface area (Å²) in [4.78, 5) is 29.5. The lowest BCUT2D eigenvalue weighted by atomic mass is 10.2. The highest BCUT2D eigenvalue weighted by Gasteiger charge is 2.23. The SMILES string of the molecule is COc1cccc(NC(=O)N(CC(=O)N(Cc2ccc(F)cc2)Cc2ccco2)CC(C)C)c1. The standard InChI is InChI=1S/C26H30FN3O4/c1-19(2)15-30(26(32)28-22-6-4-7-23(14-22)33-3)18-25(31)29(17-24-8-5-13-34-24)16-20-9-11-21(27)12-10-20/h4-14,19H,15-18H2,1-3H3,(H,28,32). The first kappa shape index (κ1) is 24.8. The van der Waals surface area contributed by atoms with E-state index in [1.54, 1.807) is 66.8 Å². The van der Waals surface area contributed by atoms with E-state index in [1.165, 1.54) is 17.0 Å². The number of nitrogens with zero attached hydrogens (tertiary/aromatic N) is 2. The highest BCUT2D eigenvalue weighted by molar-refractivity contribution is 5.92. The number of furan rings is 1. The molecule has 0 unspecified atom stereocenters. The number of hydrogen-bond acceptors (Lipinski definition) is 4. The highest BCUT2D eigenvalue weighted by Crippen LogP contribution is 2.18. The van der Waals surface area contributed by atoms with Crippen LogP contribution in [0.4, 0.5) is 14.9 Å². The van der Waals surface area contributed by atoms with Crippen molar-refractivity contribution in [2.75, 3.05) is 25.5 Å². The minimum atomic E-state index is -0.380. The first-order valence-corrected chi connectivity index (χ1v) is 11.1. The van der Waals surface area contributed by atoms with Crippen LogP contribution in [0.5, 0.6) is 5.75 Å². The molecule has 0 fully saturated rings. The van der Waals surface area contributed by atoms with Crippen LogP contribution >= 0.6 is 0 Å². The van der Waals surface area contributed by atoms with Gasteiger partial charge < -0.3 is 24.3 Å². The molecule has 8 heteroatoms. The molecule has 34 heavy (non-hydrogen) atoms. The second kappa shape index (κ2) is 11.9. The predicted molar refractivity (Wildman–Crippen MR) is 128 cm³/mol. The van der Waals surface area contributed by atoms with E-state index in [0.29, 0.717) is 23.7 Å². The van der Waals surface area contributed by atoms with Crippen molar-refractivity contribution < 1.29 is 23.1 Å². The van der Waals surface area contributed by atoms with Crippen LogP contribution in [-0.2, 0) is 17.9 Å². The Balaban J connectivity index is 1.76. The third-order valence-corrected chi connectivity index (χ3v) is 5.09. The Kier molecular flexibility index (Phi) is 8.67. The molecule has 3 rings (SSSR count). The molecule has 1 N–H and O–H groups in total. The van der Waals surface area contributed by atoms with E-state index >= 15 is 0 Å². The van der Waals surface area contributed by atoms with Gasteiger partial charge >= 0.3 is 6.03 Å². The quantitative estimate of drug-likeness (QED) is 0.448. The number of rotatable bonds is 10. The number of ether oxygens (including phenoxy) is 1. The maximum atomic E-state index is 13.4. The number of urea groups is 1. The largest absolute Gasteiger partial charge is 0.497 e. The number of carbonyl (C=O) groups excluding carboxylic acids is 2. The normalized spacial score (nSPS) is 10.7. The molecule has 0 aliphatic heterocycles. The summed E-state index contributed by atoms with van der Waals surface area (Å²) < 4.78 is 24.0. The number of anilines is 1. The number of benzene rings is 2. The van der Waals surface area contributed by atoms with Crippen molar-refractivity contribution in [3.63, 3.8) is 0 Å². The first-order chi connectivity index (χ1) is 16.3. The number of hydrogen-bond donors (Lipinski definition) is 1. The fourth-order valence-electron chi connectivity index (χ4n) is 3.46. The number of nitrogens with one attached hydrogen (secondary N) is 1. The lowest BCUT2D eigenvalue weighted by Crippen LogP contribution is -2.45. The Morgan fingerprint density at radius 3 is 2.44 bits per heavy atom. The van der Waals surface area contributed by atoms with Gasteiger partial charge in [0.1, 0.15) is 23.9 Å². The van der Waals surface area contributed by atoms with Gasteiger partial charge in [-0.1, -0.05) is 32.0 Å². The molecule has 0 saturated carbocycles. The molecule has 1 aromatic heterocycles. The van der Waals surface area contributed by atoms with Gasteiger partial charge in [-0.2, -0.15) is 0 Å². The van der Waals surface area contributed by atoms with Crippen LogP contribution in [0.3, 0.4) is 0 Å². The van der Waals surface area contributed by atoms with Crippen molar-refractivity contribution in [2.24, 2.45) is 5.92 Å². The molecule has 3 aromatic rings. The Hall–Kier alpha value is -3.81. The Morgan fingerprint density at radius 1 is 1.03 bits per heavy atom. The van der Waals surface area contributed by atoms with Crippen LogP contribution in [0.2, 0.25) is 0 Å². The fourth-order valence-corrected chi connectivity index (χ4v) is 3.46. The molecule has 0 saturated heterocycles. The maximum Gasteiger partial charge on any atom is 0.322 e. The maximum absolute atomic E-state index is 13.4. The van der Waals surface area contributed by atoms with Gasteiger partial charge in [0.15, 0.2) is 0 Å².